The zero-order valence-electron chi connectivity index (χ0n) is 10.3. The van der Waals surface area contributed by atoms with Crippen molar-refractivity contribution in [3.8, 4) is 0 Å². The molecule has 2 atom stereocenters. The Balaban J connectivity index is 1.90. The minimum atomic E-state index is 0.715. The quantitative estimate of drug-likeness (QED) is 0.696. The lowest BCUT2D eigenvalue weighted by Crippen LogP contribution is -2.56. The maximum Gasteiger partial charge on any atom is 0.0589 e. The van der Waals surface area contributed by atoms with Gasteiger partial charge in [-0.15, -0.1) is 0 Å². The summed E-state index contributed by atoms with van der Waals surface area (Å²) in [5.41, 5.74) is 0. The summed E-state index contributed by atoms with van der Waals surface area (Å²) in [5, 5.41) is 0. The summed E-state index contributed by atoms with van der Waals surface area (Å²) in [4.78, 5) is 5.30. The zero-order chi connectivity index (χ0) is 10.8. The molecule has 88 valence electrons. The maximum absolute atomic E-state index is 5.15. The second kappa shape index (κ2) is 4.81. The fourth-order valence-corrected chi connectivity index (χ4v) is 3.27. The molecule has 2 unspecified atom stereocenters. The van der Waals surface area contributed by atoms with E-state index in [-0.39, 0.29) is 0 Å². The average Bonchev–Trinajstić information content (AvgIpc) is 2.48. The summed E-state index contributed by atoms with van der Waals surface area (Å²) in [6.07, 6.45) is 2.79. The molecular weight excluding hydrogens is 188 g/mol. The normalized spacial score (nSPS) is 32.8. The van der Waals surface area contributed by atoms with Crippen LogP contribution in [0.3, 0.4) is 0 Å². The Morgan fingerprint density at radius 3 is 2.27 bits per heavy atom. The zero-order valence-corrected chi connectivity index (χ0v) is 10.3. The number of methoxy groups -OCH3 is 1. The molecular formula is C12H24N2O. The molecule has 15 heavy (non-hydrogen) atoms. The minimum absolute atomic E-state index is 0.715. The third-order valence-corrected chi connectivity index (χ3v) is 3.82. The van der Waals surface area contributed by atoms with Crippen molar-refractivity contribution in [2.24, 2.45) is 0 Å². The lowest BCUT2D eigenvalue weighted by molar-refractivity contribution is 0.0314. The summed E-state index contributed by atoms with van der Waals surface area (Å²) < 4.78 is 5.15. The number of ether oxygens (including phenoxy) is 1. The Labute approximate surface area is 93.4 Å². The number of hydrogen-bond acceptors (Lipinski definition) is 3. The van der Waals surface area contributed by atoms with Crippen LogP contribution in [0.4, 0.5) is 0 Å². The van der Waals surface area contributed by atoms with Crippen LogP contribution >= 0.6 is 0 Å². The predicted octanol–water partition coefficient (Wildman–Crippen LogP) is 1.19. The molecule has 0 aromatic carbocycles. The number of nitrogens with zero attached hydrogens (tertiary/aromatic N) is 2. The first kappa shape index (κ1) is 11.4. The standard InChI is InChI=1S/C12H24N2O/c1-10(2)14-11-4-5-12(14)9-13(8-11)6-7-15-3/h10-12H,4-9H2,1-3H3. The van der Waals surface area contributed by atoms with Crippen molar-refractivity contribution in [2.75, 3.05) is 33.4 Å². The first-order chi connectivity index (χ1) is 7.22. The second-order valence-corrected chi connectivity index (χ2v) is 5.18. The van der Waals surface area contributed by atoms with Crippen LogP contribution in [0, 0.1) is 0 Å². The van der Waals surface area contributed by atoms with Crippen molar-refractivity contribution in [2.45, 2.75) is 44.8 Å². The maximum atomic E-state index is 5.15. The minimum Gasteiger partial charge on any atom is -0.383 e. The van der Waals surface area contributed by atoms with Gasteiger partial charge in [0.2, 0.25) is 0 Å². The third kappa shape index (κ3) is 2.35. The molecule has 0 aromatic rings. The molecule has 0 radical (unpaired) electrons. The summed E-state index contributed by atoms with van der Waals surface area (Å²) in [6, 6.07) is 2.33. The van der Waals surface area contributed by atoms with Gasteiger partial charge in [-0.1, -0.05) is 0 Å². The highest BCUT2D eigenvalue weighted by Gasteiger charge is 2.40. The lowest BCUT2D eigenvalue weighted by atomic mass is 10.1. The van der Waals surface area contributed by atoms with Gasteiger partial charge in [0.05, 0.1) is 6.61 Å². The van der Waals surface area contributed by atoms with E-state index in [4.69, 9.17) is 4.74 Å². The topological polar surface area (TPSA) is 15.7 Å². The molecule has 0 aromatic heterocycles. The van der Waals surface area contributed by atoms with Gasteiger partial charge in [-0.25, -0.2) is 0 Å². The largest absolute Gasteiger partial charge is 0.383 e. The predicted molar refractivity (Wildman–Crippen MR) is 62.1 cm³/mol. The van der Waals surface area contributed by atoms with Crippen molar-refractivity contribution in [3.63, 3.8) is 0 Å². The van der Waals surface area contributed by atoms with Crippen LogP contribution in [-0.4, -0.2) is 61.3 Å². The fraction of sp³-hybridized carbons (Fsp3) is 1.00. The summed E-state index contributed by atoms with van der Waals surface area (Å²) in [5.74, 6) is 0. The molecule has 2 heterocycles. The second-order valence-electron chi connectivity index (χ2n) is 5.18. The SMILES string of the molecule is COCCN1CC2CCC(C1)N2C(C)C. The molecule has 0 aliphatic carbocycles. The highest BCUT2D eigenvalue weighted by molar-refractivity contribution is 4.96. The number of piperazine rings is 1. The number of fused-ring (bicyclic) bond motifs is 2. The van der Waals surface area contributed by atoms with E-state index in [9.17, 15) is 0 Å². The summed E-state index contributed by atoms with van der Waals surface area (Å²) in [7, 11) is 1.79. The summed E-state index contributed by atoms with van der Waals surface area (Å²) in [6.45, 7) is 9.14. The van der Waals surface area contributed by atoms with Crippen molar-refractivity contribution < 1.29 is 4.74 Å². The van der Waals surface area contributed by atoms with E-state index in [1.807, 2.05) is 0 Å². The van der Waals surface area contributed by atoms with Crippen LogP contribution in [0.2, 0.25) is 0 Å². The van der Waals surface area contributed by atoms with E-state index in [1.165, 1.54) is 25.9 Å². The summed E-state index contributed by atoms with van der Waals surface area (Å²) >= 11 is 0. The monoisotopic (exact) mass is 212 g/mol. The molecule has 3 nitrogen and oxygen atoms in total. The molecule has 2 aliphatic heterocycles. The number of rotatable bonds is 4. The third-order valence-electron chi connectivity index (χ3n) is 3.82. The Morgan fingerprint density at radius 2 is 1.80 bits per heavy atom. The Morgan fingerprint density at radius 1 is 1.20 bits per heavy atom. The van der Waals surface area contributed by atoms with E-state index in [2.05, 4.69) is 23.6 Å². The van der Waals surface area contributed by atoms with Gasteiger partial charge >= 0.3 is 0 Å². The van der Waals surface area contributed by atoms with Gasteiger partial charge in [0, 0.05) is 44.9 Å². The van der Waals surface area contributed by atoms with Gasteiger partial charge in [0.1, 0.15) is 0 Å². The van der Waals surface area contributed by atoms with Gasteiger partial charge < -0.3 is 4.74 Å². The van der Waals surface area contributed by atoms with E-state index in [1.54, 1.807) is 7.11 Å². The number of likely N-dealkylation sites (tertiary alicyclic amines) is 1. The van der Waals surface area contributed by atoms with E-state index >= 15 is 0 Å². The molecule has 0 N–H and O–H groups in total. The van der Waals surface area contributed by atoms with E-state index < -0.39 is 0 Å². The van der Waals surface area contributed by atoms with Crippen molar-refractivity contribution in [1.82, 2.24) is 9.80 Å². The highest BCUT2D eigenvalue weighted by Crippen LogP contribution is 2.31. The van der Waals surface area contributed by atoms with Crippen LogP contribution in [0.25, 0.3) is 0 Å². The van der Waals surface area contributed by atoms with Crippen LogP contribution in [0.15, 0.2) is 0 Å². The van der Waals surface area contributed by atoms with Crippen LogP contribution in [0.5, 0.6) is 0 Å². The smallest absolute Gasteiger partial charge is 0.0589 e. The van der Waals surface area contributed by atoms with Gasteiger partial charge in [-0.3, -0.25) is 9.80 Å². The molecule has 0 amide bonds. The van der Waals surface area contributed by atoms with Gasteiger partial charge in [0.15, 0.2) is 0 Å². The molecule has 0 spiro atoms. The molecule has 0 saturated carbocycles. The molecule has 2 rings (SSSR count). The molecule has 2 saturated heterocycles. The molecule has 2 fully saturated rings. The Hall–Kier alpha value is -0.120. The molecule has 2 bridgehead atoms. The van der Waals surface area contributed by atoms with Crippen molar-refractivity contribution in [3.05, 3.63) is 0 Å². The van der Waals surface area contributed by atoms with Crippen LogP contribution in [0.1, 0.15) is 26.7 Å². The van der Waals surface area contributed by atoms with Crippen LogP contribution < -0.4 is 0 Å². The first-order valence-electron chi connectivity index (χ1n) is 6.21. The van der Waals surface area contributed by atoms with Gasteiger partial charge in [-0.2, -0.15) is 0 Å². The van der Waals surface area contributed by atoms with E-state index in [0.29, 0.717) is 6.04 Å². The Kier molecular flexibility index (Phi) is 3.65. The van der Waals surface area contributed by atoms with Gasteiger partial charge in [0.25, 0.3) is 0 Å². The Bertz CT molecular complexity index is 194. The number of hydrogen-bond donors (Lipinski definition) is 0. The van der Waals surface area contributed by atoms with Crippen molar-refractivity contribution >= 4 is 0 Å². The van der Waals surface area contributed by atoms with Gasteiger partial charge in [-0.05, 0) is 26.7 Å². The first-order valence-corrected chi connectivity index (χ1v) is 6.21. The van der Waals surface area contributed by atoms with Crippen LogP contribution in [-0.2, 0) is 4.74 Å². The molecule has 3 heteroatoms. The fourth-order valence-electron chi connectivity index (χ4n) is 3.27. The van der Waals surface area contributed by atoms with E-state index in [0.717, 1.165) is 25.2 Å². The highest BCUT2D eigenvalue weighted by atomic mass is 16.5. The van der Waals surface area contributed by atoms with Crippen molar-refractivity contribution in [1.29, 1.82) is 0 Å². The molecule has 2 aliphatic rings. The average molecular weight is 212 g/mol. The lowest BCUT2D eigenvalue weighted by Gasteiger charge is -2.43.